The monoisotopic (exact) mass is 255 g/mol. The van der Waals surface area contributed by atoms with Gasteiger partial charge in [0.25, 0.3) is 0 Å². The normalized spacial score (nSPS) is 11.8. The van der Waals surface area contributed by atoms with E-state index in [1.807, 2.05) is 6.92 Å². The average molecular weight is 255 g/mol. The molecule has 1 atom stereocenters. The number of esters is 1. The number of carbonyl (C=O) groups is 1. The average Bonchev–Trinajstić information content (AvgIpc) is 2.39. The highest BCUT2D eigenvalue weighted by atomic mass is 19.1. The van der Waals surface area contributed by atoms with E-state index in [0.717, 1.165) is 0 Å². The Kier molecular flexibility index (Phi) is 5.42. The third-order valence-electron chi connectivity index (χ3n) is 2.73. The van der Waals surface area contributed by atoms with Gasteiger partial charge in [0.15, 0.2) is 0 Å². The summed E-state index contributed by atoms with van der Waals surface area (Å²) in [5.74, 6) is -0.358. The van der Waals surface area contributed by atoms with Gasteiger partial charge in [0, 0.05) is 12.6 Å². The van der Waals surface area contributed by atoms with Crippen LogP contribution in [0.1, 0.15) is 13.3 Å². The highest BCUT2D eigenvalue weighted by Gasteiger charge is 2.17. The molecule has 0 heterocycles. The Morgan fingerprint density at radius 2 is 2.17 bits per heavy atom. The summed E-state index contributed by atoms with van der Waals surface area (Å²) in [5, 5.41) is 3.01. The van der Waals surface area contributed by atoms with Crippen molar-refractivity contribution in [2.24, 2.45) is 5.92 Å². The van der Waals surface area contributed by atoms with Gasteiger partial charge in [-0.05, 0) is 18.6 Å². The van der Waals surface area contributed by atoms with Gasteiger partial charge in [0.2, 0.25) is 0 Å². The van der Waals surface area contributed by atoms with Gasteiger partial charge in [0.1, 0.15) is 11.6 Å². The predicted octanol–water partition coefficient (Wildman–Crippen LogP) is 2.45. The molecule has 1 unspecified atom stereocenters. The van der Waals surface area contributed by atoms with E-state index in [1.54, 1.807) is 0 Å². The maximum absolute atomic E-state index is 13.1. The maximum atomic E-state index is 13.1. The van der Waals surface area contributed by atoms with Gasteiger partial charge >= 0.3 is 5.97 Å². The molecule has 1 N–H and O–H groups in total. The standard InChI is InChI=1S/C13H18FNO3/c1-4-9(13(16)18-3)8-15-11-7-10(14)5-6-12(11)17-2/h5-7,9,15H,4,8H2,1-3H3. The number of nitrogens with one attached hydrogen (secondary N) is 1. The molecule has 1 rings (SSSR count). The first-order valence-electron chi connectivity index (χ1n) is 5.77. The first kappa shape index (κ1) is 14.3. The second kappa shape index (κ2) is 6.83. The van der Waals surface area contributed by atoms with Gasteiger partial charge in [-0.25, -0.2) is 4.39 Å². The minimum Gasteiger partial charge on any atom is -0.495 e. The van der Waals surface area contributed by atoms with E-state index < -0.39 is 0 Å². The topological polar surface area (TPSA) is 47.6 Å². The van der Waals surface area contributed by atoms with Crippen molar-refractivity contribution < 1.29 is 18.7 Å². The van der Waals surface area contributed by atoms with Crippen LogP contribution in [-0.2, 0) is 9.53 Å². The molecule has 1 aromatic rings. The van der Waals surface area contributed by atoms with Gasteiger partial charge in [0.05, 0.1) is 25.8 Å². The highest BCUT2D eigenvalue weighted by molar-refractivity contribution is 5.73. The quantitative estimate of drug-likeness (QED) is 0.793. The van der Waals surface area contributed by atoms with Crippen LogP contribution in [0.2, 0.25) is 0 Å². The second-order valence-corrected chi connectivity index (χ2v) is 3.85. The molecule has 4 nitrogen and oxygen atoms in total. The Morgan fingerprint density at radius 3 is 2.72 bits per heavy atom. The third-order valence-corrected chi connectivity index (χ3v) is 2.73. The fourth-order valence-corrected chi connectivity index (χ4v) is 1.61. The first-order chi connectivity index (χ1) is 8.62. The van der Waals surface area contributed by atoms with Crippen LogP contribution in [-0.4, -0.2) is 26.7 Å². The van der Waals surface area contributed by atoms with Crippen molar-refractivity contribution >= 4 is 11.7 Å². The van der Waals surface area contributed by atoms with Crippen molar-refractivity contribution in [3.8, 4) is 5.75 Å². The summed E-state index contributed by atoms with van der Waals surface area (Å²) in [4.78, 5) is 11.4. The van der Waals surface area contributed by atoms with Crippen molar-refractivity contribution in [1.82, 2.24) is 0 Å². The van der Waals surface area contributed by atoms with Crippen LogP contribution in [0.3, 0.4) is 0 Å². The molecule has 0 aliphatic heterocycles. The Morgan fingerprint density at radius 1 is 1.44 bits per heavy atom. The van der Waals surface area contributed by atoms with Gasteiger partial charge in [-0.15, -0.1) is 0 Å². The number of carbonyl (C=O) groups excluding carboxylic acids is 1. The second-order valence-electron chi connectivity index (χ2n) is 3.85. The number of benzene rings is 1. The van der Waals surface area contributed by atoms with Crippen LogP contribution in [0.15, 0.2) is 18.2 Å². The van der Waals surface area contributed by atoms with Crippen molar-refractivity contribution in [3.63, 3.8) is 0 Å². The minimum absolute atomic E-state index is 0.261. The Hall–Kier alpha value is -1.78. The summed E-state index contributed by atoms with van der Waals surface area (Å²) in [6.45, 7) is 2.27. The zero-order valence-corrected chi connectivity index (χ0v) is 10.8. The molecule has 0 saturated carbocycles. The van der Waals surface area contributed by atoms with Crippen LogP contribution >= 0.6 is 0 Å². The number of halogens is 1. The molecule has 0 aliphatic carbocycles. The molecular formula is C13H18FNO3. The Balaban J connectivity index is 2.72. The molecule has 0 amide bonds. The van der Waals surface area contributed by atoms with Crippen molar-refractivity contribution in [1.29, 1.82) is 0 Å². The number of rotatable bonds is 6. The molecule has 0 aromatic heterocycles. The van der Waals surface area contributed by atoms with Crippen LogP contribution in [0.4, 0.5) is 10.1 Å². The third kappa shape index (κ3) is 3.61. The van der Waals surface area contributed by atoms with E-state index in [9.17, 15) is 9.18 Å². The predicted molar refractivity (Wildman–Crippen MR) is 67.2 cm³/mol. The fourth-order valence-electron chi connectivity index (χ4n) is 1.61. The van der Waals surface area contributed by atoms with Crippen LogP contribution in [0.25, 0.3) is 0 Å². The Labute approximate surface area is 106 Å². The summed E-state index contributed by atoms with van der Waals surface area (Å²) in [7, 11) is 2.86. The minimum atomic E-state index is -0.357. The SMILES string of the molecule is CCC(CNc1cc(F)ccc1OC)C(=O)OC. The van der Waals surface area contributed by atoms with E-state index in [-0.39, 0.29) is 17.7 Å². The fraction of sp³-hybridized carbons (Fsp3) is 0.462. The first-order valence-corrected chi connectivity index (χ1v) is 5.77. The summed E-state index contributed by atoms with van der Waals surface area (Å²) in [5.41, 5.74) is 0.528. The molecule has 5 heteroatoms. The zero-order chi connectivity index (χ0) is 13.5. The number of methoxy groups -OCH3 is 2. The smallest absolute Gasteiger partial charge is 0.310 e. The molecule has 1 aromatic carbocycles. The molecule has 0 saturated heterocycles. The lowest BCUT2D eigenvalue weighted by Crippen LogP contribution is -2.23. The molecule has 0 fully saturated rings. The van der Waals surface area contributed by atoms with E-state index in [1.165, 1.54) is 32.4 Å². The van der Waals surface area contributed by atoms with Crippen LogP contribution in [0, 0.1) is 11.7 Å². The van der Waals surface area contributed by atoms with Gasteiger partial charge < -0.3 is 14.8 Å². The van der Waals surface area contributed by atoms with E-state index in [2.05, 4.69) is 10.1 Å². The molecule has 0 radical (unpaired) electrons. The lowest BCUT2D eigenvalue weighted by molar-refractivity contribution is -0.145. The maximum Gasteiger partial charge on any atom is 0.310 e. The van der Waals surface area contributed by atoms with Gasteiger partial charge in [-0.1, -0.05) is 6.92 Å². The number of ether oxygens (including phenoxy) is 2. The highest BCUT2D eigenvalue weighted by Crippen LogP contribution is 2.25. The van der Waals surface area contributed by atoms with Crippen molar-refractivity contribution in [2.45, 2.75) is 13.3 Å². The number of hydrogen-bond donors (Lipinski definition) is 1. The summed E-state index contributed by atoms with van der Waals surface area (Å²) in [6.07, 6.45) is 0.650. The number of anilines is 1. The van der Waals surface area contributed by atoms with E-state index in [0.29, 0.717) is 24.4 Å². The van der Waals surface area contributed by atoms with E-state index >= 15 is 0 Å². The molecule has 0 spiro atoms. The summed E-state index contributed by atoms with van der Waals surface area (Å²) in [6, 6.07) is 4.20. The zero-order valence-electron chi connectivity index (χ0n) is 10.8. The van der Waals surface area contributed by atoms with Crippen LogP contribution in [0.5, 0.6) is 5.75 Å². The molecule has 0 aliphatic rings. The summed E-state index contributed by atoms with van der Waals surface area (Å²) >= 11 is 0. The largest absolute Gasteiger partial charge is 0.495 e. The van der Waals surface area contributed by atoms with E-state index in [4.69, 9.17) is 4.74 Å². The molecule has 18 heavy (non-hydrogen) atoms. The Bertz CT molecular complexity index is 409. The molecular weight excluding hydrogens is 237 g/mol. The van der Waals surface area contributed by atoms with Crippen LogP contribution < -0.4 is 10.1 Å². The molecule has 100 valence electrons. The van der Waals surface area contributed by atoms with Crippen molar-refractivity contribution in [3.05, 3.63) is 24.0 Å². The van der Waals surface area contributed by atoms with Crippen molar-refractivity contribution in [2.75, 3.05) is 26.1 Å². The summed E-state index contributed by atoms with van der Waals surface area (Å²) < 4.78 is 22.9. The van der Waals surface area contributed by atoms with Gasteiger partial charge in [-0.3, -0.25) is 4.79 Å². The lowest BCUT2D eigenvalue weighted by atomic mass is 10.1. The number of hydrogen-bond acceptors (Lipinski definition) is 4. The lowest BCUT2D eigenvalue weighted by Gasteiger charge is -2.16. The van der Waals surface area contributed by atoms with Gasteiger partial charge in [-0.2, -0.15) is 0 Å². The molecule has 0 bridgehead atoms.